The van der Waals surface area contributed by atoms with Gasteiger partial charge in [0.15, 0.2) is 0 Å². The Labute approximate surface area is 98.0 Å². The van der Waals surface area contributed by atoms with Crippen LogP contribution in [0, 0.1) is 5.92 Å². The van der Waals surface area contributed by atoms with Crippen LogP contribution in [0.1, 0.15) is 25.7 Å². The van der Waals surface area contributed by atoms with Crippen LogP contribution in [0.2, 0.25) is 0 Å². The monoisotopic (exact) mass is 225 g/mol. The lowest BCUT2D eigenvalue weighted by atomic mass is 10.1. The summed E-state index contributed by atoms with van der Waals surface area (Å²) in [6.45, 7) is 5.02. The Morgan fingerprint density at radius 1 is 1.25 bits per heavy atom. The number of nitrogens with zero attached hydrogens (tertiary/aromatic N) is 2. The predicted octanol–water partition coefficient (Wildman–Crippen LogP) is 1.13. The van der Waals surface area contributed by atoms with E-state index < -0.39 is 0 Å². The number of carbonyl (C=O) groups is 1. The summed E-state index contributed by atoms with van der Waals surface area (Å²) >= 11 is 0. The molecule has 0 aromatic rings. The minimum absolute atomic E-state index is 0.147. The van der Waals surface area contributed by atoms with Gasteiger partial charge in [-0.1, -0.05) is 0 Å². The summed E-state index contributed by atoms with van der Waals surface area (Å²) in [6.07, 6.45) is 4.83. The Balaban J connectivity index is 1.66. The number of rotatable bonds is 2. The van der Waals surface area contributed by atoms with Gasteiger partial charge in [-0.3, -0.25) is 0 Å². The highest BCUT2D eigenvalue weighted by Gasteiger charge is 2.21. The van der Waals surface area contributed by atoms with Gasteiger partial charge < -0.3 is 15.1 Å². The Bertz CT molecular complexity index is 238. The maximum absolute atomic E-state index is 11.8. The largest absolute Gasteiger partial charge is 0.338 e. The van der Waals surface area contributed by atoms with E-state index in [2.05, 4.69) is 17.3 Å². The van der Waals surface area contributed by atoms with Gasteiger partial charge in [0.1, 0.15) is 0 Å². The van der Waals surface area contributed by atoms with Crippen LogP contribution < -0.4 is 5.32 Å². The van der Waals surface area contributed by atoms with E-state index in [9.17, 15) is 4.79 Å². The molecule has 1 unspecified atom stereocenters. The molecule has 4 nitrogen and oxygen atoms in total. The molecule has 2 rings (SSSR count). The Morgan fingerprint density at radius 3 is 2.62 bits per heavy atom. The highest BCUT2D eigenvalue weighted by atomic mass is 16.2. The molecule has 16 heavy (non-hydrogen) atoms. The number of likely N-dealkylation sites (tertiary alicyclic amines) is 2. The molecule has 2 aliphatic rings. The summed E-state index contributed by atoms with van der Waals surface area (Å²) in [5.74, 6) is 0.652. The van der Waals surface area contributed by atoms with Crippen molar-refractivity contribution < 1.29 is 4.79 Å². The highest BCUT2D eigenvalue weighted by Crippen LogP contribution is 2.13. The van der Waals surface area contributed by atoms with Crippen molar-refractivity contribution in [1.82, 2.24) is 15.1 Å². The standard InChI is InChI=1S/C12H23N3O/c1-14-8-5-11(10-14)9-13-12(16)15-6-3-2-4-7-15/h11H,2-10H2,1H3,(H,13,16). The smallest absolute Gasteiger partial charge is 0.317 e. The van der Waals surface area contributed by atoms with Crippen LogP contribution in [-0.4, -0.2) is 55.6 Å². The van der Waals surface area contributed by atoms with Gasteiger partial charge in [0.2, 0.25) is 0 Å². The third kappa shape index (κ3) is 3.11. The van der Waals surface area contributed by atoms with E-state index in [0.29, 0.717) is 5.92 Å². The number of hydrogen-bond acceptors (Lipinski definition) is 2. The Morgan fingerprint density at radius 2 is 2.00 bits per heavy atom. The summed E-state index contributed by atoms with van der Waals surface area (Å²) in [6, 6.07) is 0.147. The maximum Gasteiger partial charge on any atom is 0.317 e. The molecule has 2 amide bonds. The zero-order valence-corrected chi connectivity index (χ0v) is 10.2. The molecule has 1 atom stereocenters. The molecule has 2 saturated heterocycles. The molecule has 0 aromatic carbocycles. The van der Waals surface area contributed by atoms with E-state index in [-0.39, 0.29) is 6.03 Å². The number of urea groups is 1. The van der Waals surface area contributed by atoms with Crippen molar-refractivity contribution in [3.8, 4) is 0 Å². The second kappa shape index (κ2) is 5.53. The SMILES string of the molecule is CN1CCC(CNC(=O)N2CCCCC2)C1. The van der Waals surface area contributed by atoms with Crippen molar-refractivity contribution in [3.05, 3.63) is 0 Å². The van der Waals surface area contributed by atoms with Crippen LogP contribution in [0.5, 0.6) is 0 Å². The summed E-state index contributed by atoms with van der Waals surface area (Å²) in [5.41, 5.74) is 0. The summed E-state index contributed by atoms with van der Waals surface area (Å²) in [5, 5.41) is 3.08. The quantitative estimate of drug-likeness (QED) is 0.765. The van der Waals surface area contributed by atoms with Crippen LogP contribution in [-0.2, 0) is 0 Å². The molecule has 0 aromatic heterocycles. The van der Waals surface area contributed by atoms with Crippen LogP contribution in [0.4, 0.5) is 4.79 Å². The van der Waals surface area contributed by atoms with Crippen LogP contribution in [0.3, 0.4) is 0 Å². The maximum atomic E-state index is 11.8. The molecule has 0 spiro atoms. The molecule has 1 N–H and O–H groups in total. The summed E-state index contributed by atoms with van der Waals surface area (Å²) in [4.78, 5) is 16.1. The molecule has 0 bridgehead atoms. The molecule has 0 radical (unpaired) electrons. The predicted molar refractivity (Wildman–Crippen MR) is 64.4 cm³/mol. The minimum Gasteiger partial charge on any atom is -0.338 e. The first kappa shape index (κ1) is 11.7. The third-order valence-electron chi connectivity index (χ3n) is 3.67. The first-order valence-electron chi connectivity index (χ1n) is 6.47. The Hall–Kier alpha value is -0.770. The van der Waals surface area contributed by atoms with Crippen LogP contribution in [0.25, 0.3) is 0 Å². The second-order valence-electron chi connectivity index (χ2n) is 5.15. The number of amides is 2. The lowest BCUT2D eigenvalue weighted by Gasteiger charge is -2.27. The lowest BCUT2D eigenvalue weighted by Crippen LogP contribution is -2.44. The van der Waals surface area contributed by atoms with Gasteiger partial charge in [0.25, 0.3) is 0 Å². The number of nitrogens with one attached hydrogen (secondary N) is 1. The fourth-order valence-electron chi connectivity index (χ4n) is 2.63. The van der Waals surface area contributed by atoms with Crippen molar-refractivity contribution in [2.75, 3.05) is 39.8 Å². The minimum atomic E-state index is 0.147. The van der Waals surface area contributed by atoms with E-state index >= 15 is 0 Å². The van der Waals surface area contributed by atoms with Crippen molar-refractivity contribution in [1.29, 1.82) is 0 Å². The molecular formula is C12H23N3O. The summed E-state index contributed by atoms with van der Waals surface area (Å²) in [7, 11) is 2.15. The second-order valence-corrected chi connectivity index (χ2v) is 5.15. The number of hydrogen-bond donors (Lipinski definition) is 1. The molecular weight excluding hydrogens is 202 g/mol. The normalized spacial score (nSPS) is 27.1. The van der Waals surface area contributed by atoms with E-state index in [4.69, 9.17) is 0 Å². The molecule has 2 fully saturated rings. The van der Waals surface area contributed by atoms with Crippen molar-refractivity contribution >= 4 is 6.03 Å². The zero-order chi connectivity index (χ0) is 11.4. The van der Waals surface area contributed by atoms with Gasteiger partial charge in [-0.25, -0.2) is 4.79 Å². The number of piperidine rings is 1. The van der Waals surface area contributed by atoms with E-state index in [1.54, 1.807) is 0 Å². The highest BCUT2D eigenvalue weighted by molar-refractivity contribution is 5.74. The first-order valence-corrected chi connectivity index (χ1v) is 6.47. The molecule has 92 valence electrons. The van der Waals surface area contributed by atoms with E-state index in [0.717, 1.165) is 26.2 Å². The summed E-state index contributed by atoms with van der Waals surface area (Å²) < 4.78 is 0. The van der Waals surface area contributed by atoms with Gasteiger partial charge >= 0.3 is 6.03 Å². The van der Waals surface area contributed by atoms with Crippen molar-refractivity contribution in [3.63, 3.8) is 0 Å². The molecule has 0 saturated carbocycles. The number of carbonyl (C=O) groups excluding carboxylic acids is 1. The van der Waals surface area contributed by atoms with Crippen molar-refractivity contribution in [2.45, 2.75) is 25.7 Å². The van der Waals surface area contributed by atoms with Gasteiger partial charge in [-0.2, -0.15) is 0 Å². The van der Waals surface area contributed by atoms with Gasteiger partial charge in [0, 0.05) is 26.2 Å². The third-order valence-corrected chi connectivity index (χ3v) is 3.67. The molecule has 2 heterocycles. The average molecular weight is 225 g/mol. The van der Waals surface area contributed by atoms with E-state index in [1.165, 1.54) is 32.2 Å². The van der Waals surface area contributed by atoms with Crippen LogP contribution >= 0.6 is 0 Å². The van der Waals surface area contributed by atoms with Gasteiger partial charge in [-0.15, -0.1) is 0 Å². The fraction of sp³-hybridized carbons (Fsp3) is 0.917. The topological polar surface area (TPSA) is 35.6 Å². The first-order chi connectivity index (χ1) is 7.75. The molecule has 2 aliphatic heterocycles. The average Bonchev–Trinajstić information content (AvgIpc) is 2.73. The molecule has 4 heteroatoms. The molecule has 0 aliphatic carbocycles. The van der Waals surface area contributed by atoms with E-state index in [1.807, 2.05) is 4.90 Å². The fourth-order valence-corrected chi connectivity index (χ4v) is 2.63. The van der Waals surface area contributed by atoms with Gasteiger partial charge in [0.05, 0.1) is 0 Å². The van der Waals surface area contributed by atoms with Crippen LogP contribution in [0.15, 0.2) is 0 Å². The zero-order valence-electron chi connectivity index (χ0n) is 10.2. The van der Waals surface area contributed by atoms with Gasteiger partial charge in [-0.05, 0) is 45.2 Å². The van der Waals surface area contributed by atoms with Crippen molar-refractivity contribution in [2.24, 2.45) is 5.92 Å². The lowest BCUT2D eigenvalue weighted by molar-refractivity contribution is 0.184. The Kier molecular flexibility index (Phi) is 4.04.